The van der Waals surface area contributed by atoms with Crippen LogP contribution >= 0.6 is 0 Å². The molecule has 0 saturated heterocycles. The molecule has 1 atom stereocenters. The van der Waals surface area contributed by atoms with Crippen molar-refractivity contribution in [1.29, 1.82) is 5.41 Å². The summed E-state index contributed by atoms with van der Waals surface area (Å²) >= 11 is 0. The Bertz CT molecular complexity index is 1760. The first-order chi connectivity index (χ1) is 21.4. The molecule has 2 amide bonds. The van der Waals surface area contributed by atoms with E-state index in [4.69, 9.17) is 15.3 Å². The number of nitrogens with one attached hydrogen (secondary N) is 3. The van der Waals surface area contributed by atoms with Crippen molar-refractivity contribution >= 4 is 39.2 Å². The molecule has 234 valence electrons. The van der Waals surface area contributed by atoms with E-state index in [1.807, 2.05) is 24.8 Å². The summed E-state index contributed by atoms with van der Waals surface area (Å²) in [5.41, 5.74) is 3.39. The SMILES string of the molecule is CC(C)CN(CC(=O)Nc1ccc(-c2ccccc2S(N)(=O)=O)cc1)c1cccc(C(=N)NC(=O)OC(C)c2ccccn2)c1. The number of primary sulfonamides is 1. The van der Waals surface area contributed by atoms with Crippen LogP contribution in [0.5, 0.6) is 0 Å². The van der Waals surface area contributed by atoms with Crippen molar-refractivity contribution < 1.29 is 22.7 Å². The molecular formula is C33H36N6O5S. The Morgan fingerprint density at radius 3 is 2.33 bits per heavy atom. The van der Waals surface area contributed by atoms with Gasteiger partial charge in [-0.3, -0.25) is 20.5 Å². The lowest BCUT2D eigenvalue weighted by Gasteiger charge is -2.26. The molecular weight excluding hydrogens is 592 g/mol. The van der Waals surface area contributed by atoms with Crippen LogP contribution in [-0.4, -0.2) is 44.3 Å². The molecule has 1 heterocycles. The third-order valence-electron chi connectivity index (χ3n) is 6.71. The van der Waals surface area contributed by atoms with Gasteiger partial charge in [-0.1, -0.05) is 62.4 Å². The molecule has 0 aliphatic carbocycles. The second kappa shape index (κ2) is 14.6. The van der Waals surface area contributed by atoms with Gasteiger partial charge in [-0.15, -0.1) is 0 Å². The van der Waals surface area contributed by atoms with Gasteiger partial charge in [0, 0.05) is 35.2 Å². The van der Waals surface area contributed by atoms with E-state index in [0.29, 0.717) is 40.3 Å². The fourth-order valence-electron chi connectivity index (χ4n) is 4.66. The maximum absolute atomic E-state index is 13.1. The van der Waals surface area contributed by atoms with Crippen LogP contribution < -0.4 is 20.7 Å². The van der Waals surface area contributed by atoms with Crippen LogP contribution in [0.25, 0.3) is 11.1 Å². The fraction of sp³-hybridized carbons (Fsp3) is 0.212. The molecule has 1 unspecified atom stereocenters. The fourth-order valence-corrected chi connectivity index (χ4v) is 5.42. The van der Waals surface area contributed by atoms with Crippen molar-refractivity contribution in [1.82, 2.24) is 10.3 Å². The van der Waals surface area contributed by atoms with E-state index in [1.165, 1.54) is 6.07 Å². The van der Waals surface area contributed by atoms with E-state index in [2.05, 4.69) is 15.6 Å². The third kappa shape index (κ3) is 9.21. The van der Waals surface area contributed by atoms with E-state index < -0.39 is 22.2 Å². The van der Waals surface area contributed by atoms with Gasteiger partial charge in [-0.05, 0) is 60.9 Å². The average molecular weight is 629 g/mol. The maximum atomic E-state index is 13.1. The number of hydrogen-bond donors (Lipinski definition) is 4. The highest BCUT2D eigenvalue weighted by Gasteiger charge is 2.18. The first-order valence-corrected chi connectivity index (χ1v) is 15.8. The zero-order chi connectivity index (χ0) is 32.6. The van der Waals surface area contributed by atoms with Crippen molar-refractivity contribution in [2.45, 2.75) is 31.8 Å². The summed E-state index contributed by atoms with van der Waals surface area (Å²) in [6.45, 7) is 6.36. The third-order valence-corrected chi connectivity index (χ3v) is 7.68. The molecule has 0 radical (unpaired) electrons. The van der Waals surface area contributed by atoms with E-state index in [1.54, 1.807) is 92.0 Å². The molecule has 3 aromatic carbocycles. The number of benzene rings is 3. The van der Waals surface area contributed by atoms with Crippen molar-refractivity contribution in [2.75, 3.05) is 23.3 Å². The molecule has 45 heavy (non-hydrogen) atoms. The molecule has 12 heteroatoms. The zero-order valence-electron chi connectivity index (χ0n) is 25.2. The normalized spacial score (nSPS) is 11.8. The highest BCUT2D eigenvalue weighted by molar-refractivity contribution is 7.89. The second-order valence-electron chi connectivity index (χ2n) is 10.8. The first kappa shape index (κ1) is 32.8. The molecule has 0 aliphatic heterocycles. The van der Waals surface area contributed by atoms with Gasteiger partial charge in [-0.2, -0.15) is 0 Å². The summed E-state index contributed by atoms with van der Waals surface area (Å²) in [5.74, 6) is -0.188. The van der Waals surface area contributed by atoms with Crippen LogP contribution in [0, 0.1) is 11.3 Å². The van der Waals surface area contributed by atoms with Crippen molar-refractivity contribution in [3.8, 4) is 11.1 Å². The highest BCUT2D eigenvalue weighted by Crippen LogP contribution is 2.28. The Hall–Kier alpha value is -5.07. The number of carbonyl (C=O) groups is 2. The minimum Gasteiger partial charge on any atom is -0.440 e. The highest BCUT2D eigenvalue weighted by atomic mass is 32.2. The number of anilines is 2. The van der Waals surface area contributed by atoms with E-state index in [0.717, 1.165) is 0 Å². The van der Waals surface area contributed by atoms with Crippen LogP contribution in [0.3, 0.4) is 0 Å². The molecule has 4 aromatic rings. The number of amides is 2. The Labute approximate surface area is 263 Å². The summed E-state index contributed by atoms with van der Waals surface area (Å²) in [6.07, 6.45) is 0.236. The monoisotopic (exact) mass is 628 g/mol. The number of rotatable bonds is 11. The molecule has 5 N–H and O–H groups in total. The molecule has 0 aliphatic rings. The number of nitrogens with two attached hydrogens (primary N) is 1. The Morgan fingerprint density at radius 1 is 0.956 bits per heavy atom. The van der Waals surface area contributed by atoms with Gasteiger partial charge in [0.1, 0.15) is 11.9 Å². The molecule has 0 fully saturated rings. The maximum Gasteiger partial charge on any atom is 0.413 e. The summed E-state index contributed by atoms with van der Waals surface area (Å²) < 4.78 is 29.4. The molecule has 0 saturated carbocycles. The standard InChI is InChI=1S/C33H36N6O5S/c1-22(2)20-39(21-31(40)37-26-16-14-24(15-17-26)28-11-4-5-13-30(28)45(35,42)43)27-10-8-9-25(19-27)32(34)38-33(41)44-23(3)29-12-6-7-18-36-29/h4-19,22-23H,20-21H2,1-3H3,(H,37,40)(H2,34,38,41)(H2,35,42,43). The Balaban J connectivity index is 1.42. The lowest BCUT2D eigenvalue weighted by molar-refractivity contribution is -0.115. The minimum atomic E-state index is -3.91. The number of sulfonamides is 1. The molecule has 11 nitrogen and oxygen atoms in total. The van der Waals surface area contributed by atoms with Crippen LogP contribution in [0.2, 0.25) is 0 Å². The largest absolute Gasteiger partial charge is 0.440 e. The van der Waals surface area contributed by atoms with Gasteiger partial charge in [0.05, 0.1) is 17.1 Å². The number of amidine groups is 1. The van der Waals surface area contributed by atoms with Crippen molar-refractivity contribution in [3.63, 3.8) is 0 Å². The number of carbonyl (C=O) groups excluding carboxylic acids is 2. The summed E-state index contributed by atoms with van der Waals surface area (Å²) in [5, 5.41) is 19.2. The molecule has 1 aromatic heterocycles. The van der Waals surface area contributed by atoms with Gasteiger partial charge in [-0.25, -0.2) is 18.4 Å². The van der Waals surface area contributed by atoms with Crippen molar-refractivity contribution in [3.05, 3.63) is 108 Å². The number of pyridine rings is 1. The van der Waals surface area contributed by atoms with E-state index in [9.17, 15) is 18.0 Å². The van der Waals surface area contributed by atoms with Gasteiger partial charge in [0.25, 0.3) is 0 Å². The number of hydrogen-bond acceptors (Lipinski definition) is 8. The Kier molecular flexibility index (Phi) is 10.7. The predicted molar refractivity (Wildman–Crippen MR) is 174 cm³/mol. The minimum absolute atomic E-state index is 0.0209. The van der Waals surface area contributed by atoms with Crippen LogP contribution in [0.15, 0.2) is 102 Å². The van der Waals surface area contributed by atoms with Gasteiger partial charge >= 0.3 is 6.09 Å². The number of nitrogens with zero attached hydrogens (tertiary/aromatic N) is 2. The summed E-state index contributed by atoms with van der Waals surface area (Å²) in [6, 6.07) is 25.6. The number of ether oxygens (including phenoxy) is 1. The molecule has 4 rings (SSSR count). The van der Waals surface area contributed by atoms with Gasteiger partial charge < -0.3 is 15.0 Å². The van der Waals surface area contributed by atoms with Crippen LogP contribution in [0.1, 0.15) is 38.1 Å². The van der Waals surface area contributed by atoms with Gasteiger partial charge in [0.15, 0.2) is 0 Å². The second-order valence-corrected chi connectivity index (χ2v) is 12.3. The number of alkyl carbamates (subject to hydrolysis) is 1. The molecule has 0 spiro atoms. The van der Waals surface area contributed by atoms with Crippen LogP contribution in [0.4, 0.5) is 16.2 Å². The van der Waals surface area contributed by atoms with Crippen LogP contribution in [-0.2, 0) is 19.6 Å². The van der Waals surface area contributed by atoms with Crippen molar-refractivity contribution in [2.24, 2.45) is 11.1 Å². The lowest BCUT2D eigenvalue weighted by Crippen LogP contribution is -2.36. The van der Waals surface area contributed by atoms with E-state index >= 15 is 0 Å². The summed E-state index contributed by atoms with van der Waals surface area (Å²) in [4.78, 5) is 31.7. The zero-order valence-corrected chi connectivity index (χ0v) is 26.0. The smallest absolute Gasteiger partial charge is 0.413 e. The summed E-state index contributed by atoms with van der Waals surface area (Å²) in [7, 11) is -3.91. The first-order valence-electron chi connectivity index (χ1n) is 14.3. The quantitative estimate of drug-likeness (QED) is 0.129. The average Bonchev–Trinajstić information content (AvgIpc) is 3.01. The predicted octanol–water partition coefficient (Wildman–Crippen LogP) is 5.31. The van der Waals surface area contributed by atoms with E-state index in [-0.39, 0.29) is 29.1 Å². The topological polar surface area (TPSA) is 168 Å². The van der Waals surface area contributed by atoms with Gasteiger partial charge in [0.2, 0.25) is 15.9 Å². The molecule has 0 bridgehead atoms. The lowest BCUT2D eigenvalue weighted by atomic mass is 10.1. The number of aromatic nitrogens is 1. The Morgan fingerprint density at radius 2 is 1.67 bits per heavy atom.